The maximum absolute atomic E-state index is 12.1. The van der Waals surface area contributed by atoms with E-state index < -0.39 is 45.2 Å². The number of ether oxygens (including phenoxy) is 1. The second-order valence-electron chi connectivity index (χ2n) is 3.27. The number of rotatable bonds is 4. The van der Waals surface area contributed by atoms with E-state index in [1.807, 2.05) is 0 Å². The summed E-state index contributed by atoms with van der Waals surface area (Å²) in [5.41, 5.74) is 0. The Kier molecular flexibility index (Phi) is 4.38. The molecule has 0 aliphatic carbocycles. The summed E-state index contributed by atoms with van der Waals surface area (Å²) >= 11 is 0. The van der Waals surface area contributed by atoms with E-state index in [1.165, 1.54) is 0 Å². The summed E-state index contributed by atoms with van der Waals surface area (Å²) in [5.74, 6) is 0. The van der Waals surface area contributed by atoms with Crippen molar-refractivity contribution < 1.29 is 43.3 Å². The predicted molar refractivity (Wildman–Crippen MR) is 45.8 cm³/mol. The van der Waals surface area contributed by atoms with Crippen LogP contribution in [0.15, 0.2) is 0 Å². The van der Waals surface area contributed by atoms with Gasteiger partial charge < -0.3 is 29.8 Å². The Balaban J connectivity index is 2.68. The zero-order valence-electron chi connectivity index (χ0n) is 7.88. The zero-order chi connectivity index (χ0) is 12.5. The Morgan fingerprint density at radius 2 is 1.94 bits per heavy atom. The van der Waals surface area contributed by atoms with Gasteiger partial charge in [-0.15, -0.1) is 0 Å². The summed E-state index contributed by atoms with van der Waals surface area (Å²) < 4.78 is 31.2. The largest absolute Gasteiger partial charge is 0.472 e. The van der Waals surface area contributed by atoms with Crippen molar-refractivity contribution in [1.82, 2.24) is 0 Å². The van der Waals surface area contributed by atoms with Crippen molar-refractivity contribution in [2.24, 2.45) is 0 Å². The molecule has 0 radical (unpaired) electrons. The van der Waals surface area contributed by atoms with Gasteiger partial charge in [0.25, 0.3) is 0 Å². The number of halogens is 1. The van der Waals surface area contributed by atoms with Crippen LogP contribution >= 0.6 is 7.82 Å². The van der Waals surface area contributed by atoms with Crippen molar-refractivity contribution in [2.75, 3.05) is 6.67 Å². The molecule has 16 heavy (non-hydrogen) atoms. The minimum atomic E-state index is -4.92. The van der Waals surface area contributed by atoms with Crippen molar-refractivity contribution in [3.05, 3.63) is 0 Å². The Bertz CT molecular complexity index is 282. The highest BCUT2D eigenvalue weighted by molar-refractivity contribution is 7.46. The van der Waals surface area contributed by atoms with Crippen LogP contribution in [0, 0.1) is 0 Å². The second kappa shape index (κ2) is 5.03. The van der Waals surface area contributed by atoms with Crippen LogP contribution in [0.3, 0.4) is 0 Å². The van der Waals surface area contributed by atoms with Gasteiger partial charge in [-0.1, -0.05) is 0 Å². The Morgan fingerprint density at radius 3 is 2.38 bits per heavy atom. The van der Waals surface area contributed by atoms with Crippen LogP contribution in [-0.4, -0.2) is 62.5 Å². The number of phosphoric ester groups is 1. The number of hydrogen-bond acceptors (Lipinski definition) is 6. The highest BCUT2D eigenvalue weighted by atomic mass is 31.2. The number of alkyl halides is 1. The lowest BCUT2D eigenvalue weighted by Gasteiger charge is -2.17. The van der Waals surface area contributed by atoms with E-state index >= 15 is 0 Å². The molecule has 1 aliphatic rings. The van der Waals surface area contributed by atoms with Gasteiger partial charge in [-0.25, -0.2) is 8.96 Å². The monoisotopic (exact) mass is 262 g/mol. The highest BCUT2D eigenvalue weighted by Gasteiger charge is 2.48. The molecule has 0 aromatic rings. The van der Waals surface area contributed by atoms with Gasteiger partial charge in [-0.3, -0.25) is 4.52 Å². The van der Waals surface area contributed by atoms with Crippen molar-refractivity contribution in [3.8, 4) is 0 Å². The summed E-state index contributed by atoms with van der Waals surface area (Å²) in [6.07, 6.45) is -8.50. The molecule has 0 amide bonds. The third-order valence-electron chi connectivity index (χ3n) is 2.04. The highest BCUT2D eigenvalue weighted by Crippen LogP contribution is 2.41. The first kappa shape index (κ1) is 13.9. The second-order valence-corrected chi connectivity index (χ2v) is 4.46. The van der Waals surface area contributed by atoms with Crippen molar-refractivity contribution in [3.63, 3.8) is 0 Å². The summed E-state index contributed by atoms with van der Waals surface area (Å²) in [4.78, 5) is 16.9. The van der Waals surface area contributed by atoms with E-state index in [9.17, 15) is 19.2 Å². The molecule has 96 valence electrons. The molecule has 1 fully saturated rings. The molecule has 8 nitrogen and oxygen atoms in total. The Labute approximate surface area is 89.5 Å². The molecular weight excluding hydrogens is 250 g/mol. The van der Waals surface area contributed by atoms with E-state index in [-0.39, 0.29) is 0 Å². The Morgan fingerprint density at radius 1 is 1.38 bits per heavy atom. The van der Waals surface area contributed by atoms with Crippen LogP contribution in [0.1, 0.15) is 0 Å². The van der Waals surface area contributed by atoms with Crippen LogP contribution in [0.5, 0.6) is 0 Å². The molecule has 10 heteroatoms. The van der Waals surface area contributed by atoms with Gasteiger partial charge in [0.05, 0.1) is 0 Å². The maximum atomic E-state index is 12.1. The van der Waals surface area contributed by atoms with Crippen molar-refractivity contribution in [1.29, 1.82) is 0 Å². The van der Waals surface area contributed by atoms with Gasteiger partial charge in [-0.2, -0.15) is 0 Å². The number of phosphoric acid groups is 1. The molecule has 5 atom stereocenters. The zero-order valence-corrected chi connectivity index (χ0v) is 8.77. The normalized spacial score (nSPS) is 37.6. The molecule has 0 saturated carbocycles. The molecule has 0 spiro atoms. The lowest BCUT2D eigenvalue weighted by Crippen LogP contribution is -2.39. The molecule has 0 bridgehead atoms. The molecule has 1 rings (SSSR count). The van der Waals surface area contributed by atoms with E-state index in [2.05, 4.69) is 9.26 Å². The van der Waals surface area contributed by atoms with Gasteiger partial charge in [0.2, 0.25) is 0 Å². The lowest BCUT2D eigenvalue weighted by molar-refractivity contribution is -0.141. The van der Waals surface area contributed by atoms with Crippen molar-refractivity contribution >= 4 is 7.82 Å². The van der Waals surface area contributed by atoms with Gasteiger partial charge >= 0.3 is 7.82 Å². The van der Waals surface area contributed by atoms with Gasteiger partial charge in [0.15, 0.2) is 6.29 Å². The number of aliphatic hydroxyl groups is 3. The summed E-state index contributed by atoms with van der Waals surface area (Å²) in [6.45, 7) is -1.24. The van der Waals surface area contributed by atoms with E-state index in [4.69, 9.17) is 14.9 Å². The fourth-order valence-corrected chi connectivity index (χ4v) is 1.74. The van der Waals surface area contributed by atoms with Crippen LogP contribution < -0.4 is 0 Å². The van der Waals surface area contributed by atoms with Gasteiger partial charge in [-0.05, 0) is 0 Å². The van der Waals surface area contributed by atoms with Gasteiger partial charge in [0, 0.05) is 0 Å². The van der Waals surface area contributed by atoms with Crippen LogP contribution in [-0.2, 0) is 13.8 Å². The van der Waals surface area contributed by atoms with Crippen LogP contribution in [0.25, 0.3) is 0 Å². The fourth-order valence-electron chi connectivity index (χ4n) is 1.30. The lowest BCUT2D eigenvalue weighted by atomic mass is 10.1. The first-order valence-corrected chi connectivity index (χ1v) is 5.79. The Hall–Kier alpha value is -0.120. The summed E-state index contributed by atoms with van der Waals surface area (Å²) in [6, 6.07) is 0. The summed E-state index contributed by atoms with van der Waals surface area (Å²) in [5, 5.41) is 27.6. The minimum Gasteiger partial charge on any atom is -0.388 e. The number of hydrogen-bond donors (Lipinski definition) is 5. The average Bonchev–Trinajstić information content (AvgIpc) is 2.43. The third-order valence-corrected chi connectivity index (χ3v) is 2.52. The molecule has 5 N–H and O–H groups in total. The first-order valence-electron chi connectivity index (χ1n) is 4.26. The molecule has 0 aromatic heterocycles. The standard InChI is InChI=1S/C6H12FO8P/c7-1-2(8)5-3(9)4(10)6(14-5)15-16(11,12)13/h2-6,8-10H,1H2,(H2,11,12,13)/t2-,3-,4-,5+,6+/m1/s1. The van der Waals surface area contributed by atoms with E-state index in [1.54, 1.807) is 0 Å². The van der Waals surface area contributed by atoms with E-state index in [0.29, 0.717) is 0 Å². The van der Waals surface area contributed by atoms with Crippen molar-refractivity contribution in [2.45, 2.75) is 30.7 Å². The fraction of sp³-hybridized carbons (Fsp3) is 1.00. The third kappa shape index (κ3) is 3.19. The first-order chi connectivity index (χ1) is 7.26. The molecule has 1 heterocycles. The predicted octanol–water partition coefficient (Wildman–Crippen LogP) is -2.13. The SMILES string of the molecule is O=P(O)(O)O[C@@H]1O[C@@H]([C@H](O)CF)[C@H](O)[C@H]1O. The quantitative estimate of drug-likeness (QED) is 0.362. The smallest absolute Gasteiger partial charge is 0.388 e. The van der Waals surface area contributed by atoms with Gasteiger partial charge in [0.1, 0.15) is 31.1 Å². The number of aliphatic hydroxyl groups excluding tert-OH is 3. The summed E-state index contributed by atoms with van der Waals surface area (Å²) in [7, 11) is -4.92. The molecule has 0 aromatic carbocycles. The molecular formula is C6H12FO8P. The molecule has 1 saturated heterocycles. The average molecular weight is 262 g/mol. The topological polar surface area (TPSA) is 137 Å². The molecule has 1 aliphatic heterocycles. The maximum Gasteiger partial charge on any atom is 0.472 e. The van der Waals surface area contributed by atoms with Crippen LogP contribution in [0.2, 0.25) is 0 Å². The van der Waals surface area contributed by atoms with E-state index in [0.717, 1.165) is 0 Å². The molecule has 0 unspecified atom stereocenters. The minimum absolute atomic E-state index is 1.24. The van der Waals surface area contributed by atoms with Crippen LogP contribution in [0.4, 0.5) is 4.39 Å².